The first-order chi connectivity index (χ1) is 4.98. The molecule has 0 fully saturated rings. The van der Waals surface area contributed by atoms with E-state index in [1.54, 1.807) is 0 Å². The molecule has 0 spiro atoms. The summed E-state index contributed by atoms with van der Waals surface area (Å²) in [6.45, 7) is 4.63. The number of rotatable bonds is 5. The first-order valence-corrected chi connectivity index (χ1v) is 4.71. The molecule has 1 N–H and O–H groups in total. The van der Waals surface area contributed by atoms with Crippen molar-refractivity contribution in [3.05, 3.63) is 12.7 Å². The van der Waals surface area contributed by atoms with Crippen LogP contribution in [-0.2, 0) is 14.3 Å². The molecular formula is C6H13NaO4S. The number of hydrogen-bond acceptors (Lipinski definition) is 4. The molecule has 0 aliphatic heterocycles. The number of hydrogen-bond donors (Lipinski definition) is 1. The topological polar surface area (TPSA) is 63.6 Å². The Kier molecular flexibility index (Phi) is 8.88. The second-order valence-electron chi connectivity index (χ2n) is 2.15. The Hall–Kier alpha value is 0.610. The third-order valence-electron chi connectivity index (χ3n) is 0.811. The van der Waals surface area contributed by atoms with Crippen LogP contribution in [0.15, 0.2) is 12.7 Å². The van der Waals surface area contributed by atoms with Gasteiger partial charge in [-0.1, -0.05) is 6.08 Å². The number of aliphatic hydroxyl groups is 1. The Bertz CT molecular complexity index is 215. The van der Waals surface area contributed by atoms with Crippen LogP contribution in [0.4, 0.5) is 0 Å². The summed E-state index contributed by atoms with van der Waals surface area (Å²) in [6, 6.07) is 0. The van der Waals surface area contributed by atoms with Crippen LogP contribution in [0, 0.1) is 0 Å². The third-order valence-corrected chi connectivity index (χ3v) is 2.20. The average molecular weight is 204 g/mol. The standard InChI is InChI=1S/C6H12O4S.Na.H/c1-3-4-10-11(8,9)5-6(2)7;;/h3,6-7H,1,4-5H2,2H3;;/q;+1;-1. The van der Waals surface area contributed by atoms with E-state index in [-0.39, 0.29) is 43.3 Å². The Balaban J connectivity index is -0.000000500. The van der Waals surface area contributed by atoms with Gasteiger partial charge in [-0.15, -0.1) is 6.58 Å². The Morgan fingerprint density at radius 1 is 1.75 bits per heavy atom. The minimum absolute atomic E-state index is 0. The van der Waals surface area contributed by atoms with Gasteiger partial charge in [0.25, 0.3) is 10.1 Å². The molecule has 0 aromatic carbocycles. The van der Waals surface area contributed by atoms with Crippen molar-refractivity contribution in [1.29, 1.82) is 0 Å². The zero-order valence-corrected chi connectivity index (χ0v) is 10.2. The van der Waals surface area contributed by atoms with Crippen molar-refractivity contribution in [2.75, 3.05) is 12.4 Å². The van der Waals surface area contributed by atoms with Crippen molar-refractivity contribution in [1.82, 2.24) is 0 Å². The minimum atomic E-state index is -3.56. The molecular weight excluding hydrogens is 191 g/mol. The molecule has 0 amide bonds. The average Bonchev–Trinajstić information content (AvgIpc) is 1.81. The molecule has 0 aromatic rings. The van der Waals surface area contributed by atoms with Crippen LogP contribution < -0.4 is 29.6 Å². The molecule has 68 valence electrons. The van der Waals surface area contributed by atoms with E-state index in [4.69, 9.17) is 5.11 Å². The fourth-order valence-electron chi connectivity index (χ4n) is 0.495. The van der Waals surface area contributed by atoms with Crippen molar-refractivity contribution in [2.45, 2.75) is 13.0 Å². The predicted molar refractivity (Wildman–Crippen MR) is 42.7 cm³/mol. The molecule has 0 aliphatic carbocycles. The fourth-order valence-corrected chi connectivity index (χ4v) is 1.49. The van der Waals surface area contributed by atoms with Gasteiger partial charge in [-0.2, -0.15) is 8.42 Å². The monoisotopic (exact) mass is 204 g/mol. The maximum absolute atomic E-state index is 10.8. The summed E-state index contributed by atoms with van der Waals surface area (Å²) >= 11 is 0. The molecule has 4 nitrogen and oxygen atoms in total. The van der Waals surface area contributed by atoms with Crippen molar-refractivity contribution in [3.63, 3.8) is 0 Å². The first kappa shape index (κ1) is 15.1. The van der Waals surface area contributed by atoms with Gasteiger partial charge in [0.1, 0.15) is 5.75 Å². The maximum Gasteiger partial charge on any atom is 1.00 e. The molecule has 0 heterocycles. The van der Waals surface area contributed by atoms with Gasteiger partial charge >= 0.3 is 29.6 Å². The van der Waals surface area contributed by atoms with Gasteiger partial charge in [-0.25, -0.2) is 0 Å². The van der Waals surface area contributed by atoms with Gasteiger partial charge < -0.3 is 6.53 Å². The SMILES string of the molecule is C=CCOS(=O)(=O)CC(C)O.[H-].[Na+]. The van der Waals surface area contributed by atoms with Gasteiger partial charge in [0, 0.05) is 0 Å². The number of aliphatic hydroxyl groups excluding tert-OH is 1. The third kappa shape index (κ3) is 8.70. The second-order valence-corrected chi connectivity index (χ2v) is 3.83. The summed E-state index contributed by atoms with van der Waals surface area (Å²) in [4.78, 5) is 0. The zero-order chi connectivity index (χ0) is 8.91. The summed E-state index contributed by atoms with van der Waals surface area (Å²) in [6.07, 6.45) is 0.435. The van der Waals surface area contributed by atoms with E-state index in [1.807, 2.05) is 0 Å². The molecule has 0 aromatic heterocycles. The molecule has 0 saturated heterocycles. The van der Waals surface area contributed by atoms with E-state index in [0.717, 1.165) is 0 Å². The van der Waals surface area contributed by atoms with Crippen LogP contribution >= 0.6 is 0 Å². The van der Waals surface area contributed by atoms with Gasteiger partial charge in [0.2, 0.25) is 0 Å². The van der Waals surface area contributed by atoms with Crippen LogP contribution in [0.5, 0.6) is 0 Å². The molecule has 0 radical (unpaired) electrons. The van der Waals surface area contributed by atoms with Crippen LogP contribution in [0.1, 0.15) is 8.35 Å². The molecule has 0 bridgehead atoms. The largest absolute Gasteiger partial charge is 1.00 e. The van der Waals surface area contributed by atoms with Gasteiger partial charge in [0.15, 0.2) is 0 Å². The normalized spacial score (nSPS) is 13.2. The van der Waals surface area contributed by atoms with Crippen molar-refractivity contribution in [3.8, 4) is 0 Å². The molecule has 0 aliphatic rings. The van der Waals surface area contributed by atoms with E-state index in [1.165, 1.54) is 13.0 Å². The van der Waals surface area contributed by atoms with Crippen LogP contribution in [0.2, 0.25) is 0 Å². The summed E-state index contributed by atoms with van der Waals surface area (Å²) in [5.74, 6) is -0.374. The van der Waals surface area contributed by atoms with E-state index in [9.17, 15) is 8.42 Å². The minimum Gasteiger partial charge on any atom is -1.00 e. The van der Waals surface area contributed by atoms with Crippen LogP contribution in [0.25, 0.3) is 0 Å². The predicted octanol–water partition coefficient (Wildman–Crippen LogP) is -2.98. The van der Waals surface area contributed by atoms with Gasteiger partial charge in [-0.05, 0) is 6.92 Å². The molecule has 0 saturated carbocycles. The van der Waals surface area contributed by atoms with Crippen molar-refractivity contribution < 1.29 is 48.7 Å². The summed E-state index contributed by atoms with van der Waals surface area (Å²) in [5.41, 5.74) is 0. The first-order valence-electron chi connectivity index (χ1n) is 3.14. The van der Waals surface area contributed by atoms with Crippen molar-refractivity contribution >= 4 is 10.1 Å². The van der Waals surface area contributed by atoms with Gasteiger partial charge in [0.05, 0.1) is 12.7 Å². The van der Waals surface area contributed by atoms with E-state index < -0.39 is 16.2 Å². The smallest absolute Gasteiger partial charge is 1.00 e. The fraction of sp³-hybridized carbons (Fsp3) is 0.667. The molecule has 12 heavy (non-hydrogen) atoms. The van der Waals surface area contributed by atoms with Crippen molar-refractivity contribution in [2.24, 2.45) is 0 Å². The second kappa shape index (κ2) is 7.06. The summed E-state index contributed by atoms with van der Waals surface area (Å²) < 4.78 is 25.9. The van der Waals surface area contributed by atoms with E-state index in [0.29, 0.717) is 0 Å². The van der Waals surface area contributed by atoms with Crippen LogP contribution in [-0.4, -0.2) is 32.0 Å². The Morgan fingerprint density at radius 2 is 2.25 bits per heavy atom. The molecule has 1 unspecified atom stereocenters. The summed E-state index contributed by atoms with van der Waals surface area (Å²) in [5, 5.41) is 8.70. The van der Waals surface area contributed by atoms with E-state index >= 15 is 0 Å². The molecule has 0 rings (SSSR count). The molecule has 1 atom stereocenters. The maximum atomic E-state index is 10.8. The Morgan fingerprint density at radius 3 is 2.58 bits per heavy atom. The quantitative estimate of drug-likeness (QED) is 0.295. The van der Waals surface area contributed by atoms with Gasteiger partial charge in [-0.3, -0.25) is 4.18 Å². The van der Waals surface area contributed by atoms with E-state index in [2.05, 4.69) is 10.8 Å². The summed E-state index contributed by atoms with van der Waals surface area (Å²) in [7, 11) is -3.56. The van der Waals surface area contributed by atoms with Crippen LogP contribution in [0.3, 0.4) is 0 Å². The Labute approximate surface area is 96.5 Å². The zero-order valence-electron chi connectivity index (χ0n) is 8.36. The molecule has 6 heteroatoms.